The number of amidine groups is 1. The number of carbonyl (C=O) groups is 1. The highest BCUT2D eigenvalue weighted by Crippen LogP contribution is 2.34. The normalized spacial score (nSPS) is 24.7. The first-order valence-electron chi connectivity index (χ1n) is 9.80. The third-order valence-electron chi connectivity index (χ3n) is 5.69. The van der Waals surface area contributed by atoms with Gasteiger partial charge in [-0.1, -0.05) is 23.7 Å². The Balaban J connectivity index is 1.44. The number of nitrogens with zero attached hydrogens (tertiary/aromatic N) is 2. The van der Waals surface area contributed by atoms with Crippen molar-refractivity contribution in [1.29, 1.82) is 0 Å². The molecule has 1 unspecified atom stereocenters. The minimum Gasteiger partial charge on any atom is -0.381 e. The number of benzene rings is 1. The molecule has 0 aromatic heterocycles. The van der Waals surface area contributed by atoms with Gasteiger partial charge in [0.15, 0.2) is 0 Å². The topological polar surface area (TPSA) is 88.1 Å². The number of likely N-dealkylation sites (tertiary alicyclic amines) is 1. The third kappa shape index (κ3) is 4.20. The second kappa shape index (κ2) is 8.08. The van der Waals surface area contributed by atoms with E-state index in [1.54, 1.807) is 31.2 Å². The molecule has 7 nitrogen and oxygen atoms in total. The van der Waals surface area contributed by atoms with E-state index in [1.807, 2.05) is 4.90 Å². The van der Waals surface area contributed by atoms with Crippen LogP contribution in [-0.4, -0.2) is 57.4 Å². The van der Waals surface area contributed by atoms with Crippen LogP contribution >= 0.6 is 11.6 Å². The highest BCUT2D eigenvalue weighted by Gasteiger charge is 2.35. The standard InChI is InChI=1S/C20H24ClN3O4S/c1-13-18(14-2-4-16(21)5-3-14)29(26,27)23-19(13)24-9-6-17(7-10-24)22-20(25)15-8-11-28-12-15/h2-5,15,17H,6-12H2,1H3,(H,22,25). The molecule has 29 heavy (non-hydrogen) atoms. The van der Waals surface area contributed by atoms with E-state index in [1.165, 1.54) is 0 Å². The van der Waals surface area contributed by atoms with Crippen LogP contribution in [0.15, 0.2) is 34.2 Å². The lowest BCUT2D eigenvalue weighted by Gasteiger charge is -2.34. The second-order valence-corrected chi connectivity index (χ2v) is 9.66. The summed E-state index contributed by atoms with van der Waals surface area (Å²) in [6.45, 7) is 4.22. The van der Waals surface area contributed by atoms with E-state index in [0.29, 0.717) is 48.3 Å². The number of nitrogens with one attached hydrogen (secondary N) is 1. The summed E-state index contributed by atoms with van der Waals surface area (Å²) in [6.07, 6.45) is 2.28. The molecule has 3 aliphatic heterocycles. The van der Waals surface area contributed by atoms with Gasteiger partial charge in [0.2, 0.25) is 5.91 Å². The zero-order valence-electron chi connectivity index (χ0n) is 16.2. The van der Waals surface area contributed by atoms with E-state index >= 15 is 0 Å². The maximum Gasteiger partial charge on any atom is 0.285 e. The quantitative estimate of drug-likeness (QED) is 0.784. The molecule has 0 aliphatic carbocycles. The lowest BCUT2D eigenvalue weighted by atomic mass is 10.0. The predicted octanol–water partition coefficient (Wildman–Crippen LogP) is 2.43. The van der Waals surface area contributed by atoms with E-state index in [4.69, 9.17) is 16.3 Å². The second-order valence-electron chi connectivity index (χ2n) is 7.68. The first kappa shape index (κ1) is 20.4. The molecular weight excluding hydrogens is 414 g/mol. The average Bonchev–Trinajstić information content (AvgIpc) is 3.30. The van der Waals surface area contributed by atoms with Crippen molar-refractivity contribution >= 4 is 38.3 Å². The largest absolute Gasteiger partial charge is 0.381 e. The molecule has 156 valence electrons. The average molecular weight is 438 g/mol. The molecule has 2 fully saturated rings. The SMILES string of the molecule is CC1=C(c2ccc(Cl)cc2)S(=O)(=O)N=C1N1CCC(NC(=O)C2CCOC2)CC1. The highest BCUT2D eigenvalue weighted by molar-refractivity contribution is 8.00. The van der Waals surface area contributed by atoms with Crippen molar-refractivity contribution in [3.05, 3.63) is 40.4 Å². The van der Waals surface area contributed by atoms with Crippen LogP contribution < -0.4 is 5.32 Å². The number of hydrogen-bond acceptors (Lipinski definition) is 5. The molecule has 1 aromatic carbocycles. The fourth-order valence-electron chi connectivity index (χ4n) is 4.08. The molecule has 1 aromatic rings. The molecule has 4 rings (SSSR count). The number of carbonyl (C=O) groups excluding carboxylic acids is 1. The number of halogens is 1. The molecule has 1 N–H and O–H groups in total. The minimum absolute atomic E-state index is 0.0514. The van der Waals surface area contributed by atoms with Crippen molar-refractivity contribution in [3.63, 3.8) is 0 Å². The molecule has 1 atom stereocenters. The summed E-state index contributed by atoms with van der Waals surface area (Å²) in [6, 6.07) is 6.85. The molecule has 0 radical (unpaired) electrons. The number of piperidine rings is 1. The zero-order chi connectivity index (χ0) is 20.6. The molecule has 1 amide bonds. The van der Waals surface area contributed by atoms with Crippen molar-refractivity contribution in [3.8, 4) is 0 Å². The van der Waals surface area contributed by atoms with Crippen molar-refractivity contribution < 1.29 is 17.9 Å². The van der Waals surface area contributed by atoms with Crippen molar-refractivity contribution in [2.75, 3.05) is 26.3 Å². The Morgan fingerprint density at radius 2 is 1.90 bits per heavy atom. The van der Waals surface area contributed by atoms with Gasteiger partial charge in [0, 0.05) is 36.3 Å². The Labute approximate surface area is 175 Å². The van der Waals surface area contributed by atoms with Crippen LogP contribution in [0.1, 0.15) is 31.7 Å². The fourth-order valence-corrected chi connectivity index (χ4v) is 5.69. The van der Waals surface area contributed by atoms with Crippen LogP contribution in [0.25, 0.3) is 4.91 Å². The Bertz CT molecular complexity index is 958. The summed E-state index contributed by atoms with van der Waals surface area (Å²) >= 11 is 5.93. The molecule has 0 saturated carbocycles. The Kier molecular flexibility index (Phi) is 5.68. The maximum atomic E-state index is 12.7. The van der Waals surface area contributed by atoms with E-state index in [0.717, 1.165) is 19.3 Å². The Morgan fingerprint density at radius 3 is 2.52 bits per heavy atom. The van der Waals surface area contributed by atoms with Crippen LogP contribution in [0.5, 0.6) is 0 Å². The molecule has 0 spiro atoms. The Morgan fingerprint density at radius 1 is 1.21 bits per heavy atom. The van der Waals surface area contributed by atoms with Crippen LogP contribution in [0.2, 0.25) is 5.02 Å². The van der Waals surface area contributed by atoms with Crippen molar-refractivity contribution in [2.24, 2.45) is 10.3 Å². The first-order valence-corrected chi connectivity index (χ1v) is 11.6. The van der Waals surface area contributed by atoms with Gasteiger partial charge >= 0.3 is 0 Å². The van der Waals surface area contributed by atoms with E-state index in [2.05, 4.69) is 9.71 Å². The maximum absolute atomic E-state index is 12.7. The number of hydrogen-bond donors (Lipinski definition) is 1. The molecule has 9 heteroatoms. The van der Waals surface area contributed by atoms with E-state index < -0.39 is 10.0 Å². The summed E-state index contributed by atoms with van der Waals surface area (Å²) in [7, 11) is -3.75. The zero-order valence-corrected chi connectivity index (χ0v) is 17.8. The number of amides is 1. The summed E-state index contributed by atoms with van der Waals surface area (Å²) < 4.78 is 34.7. The molecular formula is C20H24ClN3O4S. The smallest absolute Gasteiger partial charge is 0.285 e. The van der Waals surface area contributed by atoms with Gasteiger partial charge in [0.25, 0.3) is 10.0 Å². The van der Waals surface area contributed by atoms with Gasteiger partial charge in [-0.2, -0.15) is 8.42 Å². The third-order valence-corrected chi connectivity index (χ3v) is 7.41. The number of sulfonamides is 1. The summed E-state index contributed by atoms with van der Waals surface area (Å²) in [5.41, 5.74) is 1.24. The highest BCUT2D eigenvalue weighted by atomic mass is 35.5. The van der Waals surface area contributed by atoms with E-state index in [9.17, 15) is 13.2 Å². The monoisotopic (exact) mass is 437 g/mol. The van der Waals surface area contributed by atoms with Gasteiger partial charge in [0.1, 0.15) is 10.7 Å². The van der Waals surface area contributed by atoms with Gasteiger partial charge in [-0.3, -0.25) is 4.79 Å². The van der Waals surface area contributed by atoms with Crippen molar-refractivity contribution in [1.82, 2.24) is 10.2 Å². The molecule has 2 saturated heterocycles. The molecule has 3 heterocycles. The van der Waals surface area contributed by atoms with Crippen LogP contribution in [0.3, 0.4) is 0 Å². The van der Waals surface area contributed by atoms with E-state index in [-0.39, 0.29) is 22.8 Å². The number of ether oxygens (including phenoxy) is 1. The number of rotatable bonds is 3. The van der Waals surface area contributed by atoms with Gasteiger partial charge < -0.3 is 15.0 Å². The minimum atomic E-state index is -3.75. The first-order chi connectivity index (χ1) is 13.8. The Hall–Kier alpha value is -1.90. The summed E-state index contributed by atoms with van der Waals surface area (Å²) in [4.78, 5) is 14.5. The van der Waals surface area contributed by atoms with Gasteiger partial charge in [0.05, 0.1) is 12.5 Å². The lowest BCUT2D eigenvalue weighted by molar-refractivity contribution is -0.125. The molecule has 3 aliphatic rings. The van der Waals surface area contributed by atoms with Crippen molar-refractivity contribution in [2.45, 2.75) is 32.2 Å². The lowest BCUT2D eigenvalue weighted by Crippen LogP contribution is -2.48. The summed E-state index contributed by atoms with van der Waals surface area (Å²) in [5.74, 6) is 0.510. The van der Waals surface area contributed by atoms with Gasteiger partial charge in [-0.15, -0.1) is 4.40 Å². The molecule has 0 bridgehead atoms. The predicted molar refractivity (Wildman–Crippen MR) is 112 cm³/mol. The van der Waals surface area contributed by atoms with Gasteiger partial charge in [-0.05, 0) is 43.9 Å². The van der Waals surface area contributed by atoms with Crippen LogP contribution in [-0.2, 0) is 19.6 Å². The summed E-state index contributed by atoms with van der Waals surface area (Å²) in [5, 5.41) is 3.66. The van der Waals surface area contributed by atoms with Crippen LogP contribution in [0, 0.1) is 5.92 Å². The van der Waals surface area contributed by atoms with Gasteiger partial charge in [-0.25, -0.2) is 0 Å². The van der Waals surface area contributed by atoms with Crippen LogP contribution in [0.4, 0.5) is 0 Å². The fraction of sp³-hybridized carbons (Fsp3) is 0.500.